The van der Waals surface area contributed by atoms with E-state index in [1.165, 1.54) is 17.7 Å². The lowest BCUT2D eigenvalue weighted by molar-refractivity contribution is 0.190. The number of benzene rings is 1. The van der Waals surface area contributed by atoms with Gasteiger partial charge >= 0.3 is 6.03 Å². The van der Waals surface area contributed by atoms with Crippen LogP contribution in [-0.2, 0) is 0 Å². The highest BCUT2D eigenvalue weighted by Gasteiger charge is 2.27. The van der Waals surface area contributed by atoms with E-state index >= 15 is 0 Å². The predicted octanol–water partition coefficient (Wildman–Crippen LogP) is 5.66. The van der Waals surface area contributed by atoms with E-state index < -0.39 is 0 Å². The summed E-state index contributed by atoms with van der Waals surface area (Å²) in [6.07, 6.45) is 4.51. The predicted molar refractivity (Wildman–Crippen MR) is 95.4 cm³/mol. The van der Waals surface area contributed by atoms with Crippen molar-refractivity contribution in [3.8, 4) is 0 Å². The van der Waals surface area contributed by atoms with Crippen LogP contribution in [0.15, 0.2) is 46.3 Å². The molecule has 1 N–H and O–H groups in total. The van der Waals surface area contributed by atoms with Crippen LogP contribution in [0.5, 0.6) is 0 Å². The van der Waals surface area contributed by atoms with Crippen LogP contribution in [0, 0.1) is 0 Å². The van der Waals surface area contributed by atoms with E-state index in [1.807, 2.05) is 29.2 Å². The summed E-state index contributed by atoms with van der Waals surface area (Å²) in [4.78, 5) is 16.0. The van der Waals surface area contributed by atoms with Gasteiger partial charge in [-0.25, -0.2) is 4.79 Å². The Balaban J connectivity index is 1.76. The lowest BCUT2D eigenvalue weighted by Gasteiger charge is -2.29. The highest BCUT2D eigenvalue weighted by atomic mass is 79.9. The molecule has 1 atom stereocenters. The van der Waals surface area contributed by atoms with Crippen LogP contribution in [0.4, 0.5) is 10.5 Å². The largest absolute Gasteiger partial charge is 0.322 e. The Hall–Kier alpha value is -1.33. The SMILES string of the molecule is O=C(Nc1ccc(Br)cc1)N1CCCCC[C@H]1c1cccs1. The van der Waals surface area contributed by atoms with Crippen LogP contribution >= 0.6 is 27.3 Å². The summed E-state index contributed by atoms with van der Waals surface area (Å²) >= 11 is 5.15. The monoisotopic (exact) mass is 378 g/mol. The van der Waals surface area contributed by atoms with Crippen LogP contribution in [0.2, 0.25) is 0 Å². The molecule has 1 aliphatic rings. The molecule has 0 bridgehead atoms. The van der Waals surface area contributed by atoms with Gasteiger partial charge in [-0.2, -0.15) is 0 Å². The van der Waals surface area contributed by atoms with Crippen molar-refractivity contribution in [3.05, 3.63) is 51.1 Å². The molecule has 1 fully saturated rings. The number of urea groups is 1. The zero-order valence-corrected chi connectivity index (χ0v) is 14.7. The van der Waals surface area contributed by atoms with Gasteiger partial charge in [-0.1, -0.05) is 34.8 Å². The number of thiophene rings is 1. The second-order valence-electron chi connectivity index (χ2n) is 5.51. The topological polar surface area (TPSA) is 32.3 Å². The first-order valence-corrected chi connectivity index (χ1v) is 9.28. The van der Waals surface area contributed by atoms with Crippen molar-refractivity contribution in [1.82, 2.24) is 4.90 Å². The molecule has 2 heterocycles. The smallest absolute Gasteiger partial charge is 0.317 e. The number of carbonyl (C=O) groups excluding carboxylic acids is 1. The minimum Gasteiger partial charge on any atom is -0.317 e. The van der Waals surface area contributed by atoms with E-state index in [4.69, 9.17) is 0 Å². The number of hydrogen-bond acceptors (Lipinski definition) is 2. The summed E-state index contributed by atoms with van der Waals surface area (Å²) in [6.45, 7) is 0.824. The van der Waals surface area contributed by atoms with Crippen LogP contribution in [0.25, 0.3) is 0 Å². The molecular weight excluding hydrogens is 360 g/mol. The molecule has 2 aromatic rings. The molecule has 0 saturated carbocycles. The molecule has 0 unspecified atom stereocenters. The normalized spacial score (nSPS) is 18.8. The molecule has 1 aromatic heterocycles. The van der Waals surface area contributed by atoms with Gasteiger partial charge in [0.1, 0.15) is 0 Å². The molecule has 0 radical (unpaired) electrons. The Morgan fingerprint density at radius 3 is 2.73 bits per heavy atom. The van der Waals surface area contributed by atoms with E-state index in [9.17, 15) is 4.79 Å². The Morgan fingerprint density at radius 2 is 2.00 bits per heavy atom. The minimum absolute atomic E-state index is 0.00243. The fourth-order valence-corrected chi connectivity index (χ4v) is 3.99. The molecule has 3 nitrogen and oxygen atoms in total. The molecule has 5 heteroatoms. The molecule has 3 rings (SSSR count). The first kappa shape index (κ1) is 15.6. The van der Waals surface area contributed by atoms with E-state index in [1.54, 1.807) is 11.3 Å². The molecule has 1 aromatic carbocycles. The van der Waals surface area contributed by atoms with Crippen molar-refractivity contribution < 1.29 is 4.79 Å². The van der Waals surface area contributed by atoms with Crippen LogP contribution in [-0.4, -0.2) is 17.5 Å². The molecule has 22 heavy (non-hydrogen) atoms. The third kappa shape index (κ3) is 3.70. The van der Waals surface area contributed by atoms with Gasteiger partial charge in [0.05, 0.1) is 6.04 Å². The number of carbonyl (C=O) groups is 1. The molecule has 1 aliphatic heterocycles. The maximum absolute atomic E-state index is 12.7. The van der Waals surface area contributed by atoms with Crippen molar-refractivity contribution in [2.24, 2.45) is 0 Å². The highest BCUT2D eigenvalue weighted by Crippen LogP contribution is 2.33. The second kappa shape index (κ2) is 7.29. The van der Waals surface area contributed by atoms with Gasteiger partial charge in [0.2, 0.25) is 0 Å². The molecule has 116 valence electrons. The fraction of sp³-hybridized carbons (Fsp3) is 0.353. The maximum atomic E-state index is 12.7. The van der Waals surface area contributed by atoms with Gasteiger partial charge in [-0.15, -0.1) is 11.3 Å². The van der Waals surface area contributed by atoms with Crippen molar-refractivity contribution in [2.45, 2.75) is 31.7 Å². The lowest BCUT2D eigenvalue weighted by atomic mass is 10.1. The summed E-state index contributed by atoms with van der Waals surface area (Å²) < 4.78 is 1.01. The third-order valence-corrected chi connectivity index (χ3v) is 5.48. The zero-order valence-electron chi connectivity index (χ0n) is 12.3. The van der Waals surface area contributed by atoms with Crippen molar-refractivity contribution >= 4 is 39.0 Å². The van der Waals surface area contributed by atoms with Gasteiger partial charge in [-0.3, -0.25) is 0 Å². The summed E-state index contributed by atoms with van der Waals surface area (Å²) in [5.41, 5.74) is 0.836. The number of amides is 2. The number of nitrogens with zero attached hydrogens (tertiary/aromatic N) is 1. The lowest BCUT2D eigenvalue weighted by Crippen LogP contribution is -2.37. The van der Waals surface area contributed by atoms with Crippen LogP contribution in [0.1, 0.15) is 36.6 Å². The van der Waals surface area contributed by atoms with Gasteiger partial charge in [0.15, 0.2) is 0 Å². The Kier molecular flexibility index (Phi) is 5.16. The first-order chi connectivity index (χ1) is 10.7. The highest BCUT2D eigenvalue weighted by molar-refractivity contribution is 9.10. The van der Waals surface area contributed by atoms with E-state index in [0.717, 1.165) is 29.5 Å². The van der Waals surface area contributed by atoms with Crippen LogP contribution < -0.4 is 5.32 Å². The van der Waals surface area contributed by atoms with E-state index in [2.05, 4.69) is 38.8 Å². The van der Waals surface area contributed by atoms with Crippen LogP contribution in [0.3, 0.4) is 0 Å². The van der Waals surface area contributed by atoms with Gasteiger partial charge in [-0.05, 0) is 48.6 Å². The Labute approximate surface area is 143 Å². The zero-order chi connectivity index (χ0) is 15.4. The summed E-state index contributed by atoms with van der Waals surface area (Å²) in [5.74, 6) is 0. The Bertz CT molecular complexity index is 612. The average Bonchev–Trinajstić information content (AvgIpc) is 2.94. The van der Waals surface area contributed by atoms with E-state index in [0.29, 0.717) is 0 Å². The molecule has 0 aliphatic carbocycles. The van der Waals surface area contributed by atoms with Gasteiger partial charge in [0.25, 0.3) is 0 Å². The standard InChI is InChI=1S/C17H19BrN2OS/c18-13-7-9-14(10-8-13)19-17(21)20-11-3-1-2-5-15(20)16-6-4-12-22-16/h4,6-10,12,15H,1-3,5,11H2,(H,19,21)/t15-/m0/s1. The Morgan fingerprint density at radius 1 is 1.18 bits per heavy atom. The first-order valence-electron chi connectivity index (χ1n) is 7.60. The summed E-state index contributed by atoms with van der Waals surface area (Å²) in [5, 5.41) is 5.12. The molecular formula is C17H19BrN2OS. The summed E-state index contributed by atoms with van der Waals surface area (Å²) in [6, 6.07) is 12.1. The number of likely N-dealkylation sites (tertiary alicyclic amines) is 1. The number of nitrogens with one attached hydrogen (secondary N) is 1. The van der Waals surface area contributed by atoms with Gasteiger partial charge < -0.3 is 10.2 Å². The maximum Gasteiger partial charge on any atom is 0.322 e. The fourth-order valence-electron chi connectivity index (χ4n) is 2.86. The molecule has 1 saturated heterocycles. The van der Waals surface area contributed by atoms with Crippen molar-refractivity contribution in [3.63, 3.8) is 0 Å². The third-order valence-electron chi connectivity index (χ3n) is 3.98. The molecule has 0 spiro atoms. The number of anilines is 1. The second-order valence-corrected chi connectivity index (χ2v) is 7.41. The minimum atomic E-state index is 0.00243. The average molecular weight is 379 g/mol. The van der Waals surface area contributed by atoms with Crippen molar-refractivity contribution in [2.75, 3.05) is 11.9 Å². The quantitative estimate of drug-likeness (QED) is 0.718. The number of halogens is 1. The number of hydrogen-bond donors (Lipinski definition) is 1. The molecule has 2 amide bonds. The summed E-state index contributed by atoms with van der Waals surface area (Å²) in [7, 11) is 0. The van der Waals surface area contributed by atoms with Gasteiger partial charge in [0, 0.05) is 21.6 Å². The number of rotatable bonds is 2. The van der Waals surface area contributed by atoms with Crippen molar-refractivity contribution in [1.29, 1.82) is 0 Å². The van der Waals surface area contributed by atoms with E-state index in [-0.39, 0.29) is 12.1 Å².